The molecule has 0 radical (unpaired) electrons. The Morgan fingerprint density at radius 3 is 2.93 bits per heavy atom. The van der Waals surface area contributed by atoms with Crippen LogP contribution in [-0.4, -0.2) is 36.0 Å². The quantitative estimate of drug-likeness (QED) is 0.763. The SMILES string of the molecule is CCc1c(Br)nnn1C(=O)n1ccnn1. The fourth-order valence-corrected chi connectivity index (χ4v) is 1.66. The van der Waals surface area contributed by atoms with Crippen LogP contribution in [0.4, 0.5) is 4.79 Å². The topological polar surface area (TPSA) is 78.5 Å². The molecule has 7 nitrogen and oxygen atoms in total. The molecule has 0 aliphatic rings. The van der Waals surface area contributed by atoms with Gasteiger partial charge in [0.1, 0.15) is 0 Å². The maximum atomic E-state index is 11.8. The van der Waals surface area contributed by atoms with E-state index < -0.39 is 6.03 Å². The predicted octanol–water partition coefficient (Wildman–Crippen LogP) is 0.711. The third kappa shape index (κ3) is 1.67. The van der Waals surface area contributed by atoms with Gasteiger partial charge in [-0.05, 0) is 22.4 Å². The molecule has 0 amide bonds. The number of carbonyl (C=O) groups is 1. The lowest BCUT2D eigenvalue weighted by molar-refractivity contribution is 0.236. The number of hydrogen-bond acceptors (Lipinski definition) is 5. The lowest BCUT2D eigenvalue weighted by atomic mass is 10.4. The normalized spacial score (nSPS) is 10.5. The van der Waals surface area contributed by atoms with Crippen LogP contribution >= 0.6 is 15.9 Å². The molecule has 2 aromatic rings. The molecule has 0 fully saturated rings. The summed E-state index contributed by atoms with van der Waals surface area (Å²) in [5, 5.41) is 14.6. The van der Waals surface area contributed by atoms with E-state index >= 15 is 0 Å². The molecule has 2 heterocycles. The van der Waals surface area contributed by atoms with E-state index in [0.29, 0.717) is 16.7 Å². The highest BCUT2D eigenvalue weighted by Crippen LogP contribution is 2.13. The van der Waals surface area contributed by atoms with Gasteiger partial charge in [-0.25, -0.2) is 4.79 Å². The van der Waals surface area contributed by atoms with Crippen molar-refractivity contribution in [3.05, 3.63) is 22.7 Å². The van der Waals surface area contributed by atoms with Crippen molar-refractivity contribution in [3.63, 3.8) is 0 Å². The van der Waals surface area contributed by atoms with E-state index in [9.17, 15) is 4.79 Å². The molecule has 78 valence electrons. The fourth-order valence-electron chi connectivity index (χ4n) is 1.14. The third-order valence-electron chi connectivity index (χ3n) is 1.85. The Bertz CT molecular complexity index is 476. The number of rotatable bonds is 1. The van der Waals surface area contributed by atoms with Crippen LogP contribution in [0.1, 0.15) is 12.6 Å². The molecule has 0 bridgehead atoms. The van der Waals surface area contributed by atoms with Crippen LogP contribution < -0.4 is 0 Å². The summed E-state index contributed by atoms with van der Waals surface area (Å²) in [6.45, 7) is 1.91. The Labute approximate surface area is 93.2 Å². The Morgan fingerprint density at radius 2 is 2.33 bits per heavy atom. The molecule has 0 aromatic carbocycles. The molecule has 0 aliphatic carbocycles. The second-order valence-electron chi connectivity index (χ2n) is 2.72. The summed E-state index contributed by atoms with van der Waals surface area (Å²) in [6.07, 6.45) is 3.53. The first-order valence-corrected chi connectivity index (χ1v) is 5.04. The van der Waals surface area contributed by atoms with Gasteiger partial charge in [-0.15, -0.1) is 10.2 Å². The maximum absolute atomic E-state index is 11.8. The van der Waals surface area contributed by atoms with Gasteiger partial charge in [-0.2, -0.15) is 9.36 Å². The van der Waals surface area contributed by atoms with E-state index in [1.54, 1.807) is 0 Å². The summed E-state index contributed by atoms with van der Waals surface area (Å²) >= 11 is 3.22. The third-order valence-corrected chi connectivity index (χ3v) is 2.47. The predicted molar refractivity (Wildman–Crippen MR) is 53.3 cm³/mol. The summed E-state index contributed by atoms with van der Waals surface area (Å²) in [4.78, 5) is 11.8. The summed E-state index contributed by atoms with van der Waals surface area (Å²) in [7, 11) is 0. The first-order chi connectivity index (χ1) is 7.24. The maximum Gasteiger partial charge on any atom is 0.372 e. The van der Waals surface area contributed by atoms with Crippen molar-refractivity contribution >= 4 is 22.0 Å². The average molecular weight is 271 g/mol. The number of nitrogens with zero attached hydrogens (tertiary/aromatic N) is 6. The minimum absolute atomic E-state index is 0.400. The van der Waals surface area contributed by atoms with Crippen molar-refractivity contribution in [3.8, 4) is 0 Å². The number of carbonyl (C=O) groups excluding carboxylic acids is 1. The van der Waals surface area contributed by atoms with Crippen LogP contribution in [0.3, 0.4) is 0 Å². The van der Waals surface area contributed by atoms with Gasteiger partial charge in [0.25, 0.3) is 0 Å². The van der Waals surface area contributed by atoms with Gasteiger partial charge < -0.3 is 0 Å². The summed E-state index contributed by atoms with van der Waals surface area (Å²) < 4.78 is 2.86. The Balaban J connectivity index is 2.42. The zero-order chi connectivity index (χ0) is 10.8. The van der Waals surface area contributed by atoms with Gasteiger partial charge >= 0.3 is 6.03 Å². The smallest absolute Gasteiger partial charge is 0.243 e. The highest BCUT2D eigenvalue weighted by Gasteiger charge is 2.16. The molecule has 0 unspecified atom stereocenters. The van der Waals surface area contributed by atoms with Crippen LogP contribution in [0.15, 0.2) is 17.0 Å². The molecule has 0 N–H and O–H groups in total. The highest BCUT2D eigenvalue weighted by atomic mass is 79.9. The number of halogens is 1. The highest BCUT2D eigenvalue weighted by molar-refractivity contribution is 9.10. The molecule has 0 aliphatic heterocycles. The van der Waals surface area contributed by atoms with Crippen LogP contribution in [0.2, 0.25) is 0 Å². The van der Waals surface area contributed by atoms with E-state index in [-0.39, 0.29) is 0 Å². The van der Waals surface area contributed by atoms with Gasteiger partial charge in [0.15, 0.2) is 4.60 Å². The molecule has 2 rings (SSSR count). The molecule has 15 heavy (non-hydrogen) atoms. The van der Waals surface area contributed by atoms with E-state index in [1.165, 1.54) is 17.1 Å². The number of hydrogen-bond donors (Lipinski definition) is 0. The van der Waals surface area contributed by atoms with Crippen molar-refractivity contribution in [1.29, 1.82) is 0 Å². The van der Waals surface area contributed by atoms with Crippen molar-refractivity contribution in [2.75, 3.05) is 0 Å². The molecule has 0 saturated carbocycles. The van der Waals surface area contributed by atoms with Crippen LogP contribution in [0.5, 0.6) is 0 Å². The van der Waals surface area contributed by atoms with Gasteiger partial charge in [-0.1, -0.05) is 17.4 Å². The largest absolute Gasteiger partial charge is 0.372 e. The second kappa shape index (κ2) is 3.89. The Kier molecular flexibility index (Phi) is 2.58. The molecule has 0 atom stereocenters. The van der Waals surface area contributed by atoms with Gasteiger partial charge in [0.05, 0.1) is 18.1 Å². The Hall–Kier alpha value is -1.57. The lowest BCUT2D eigenvalue weighted by Crippen LogP contribution is -2.23. The monoisotopic (exact) mass is 270 g/mol. The van der Waals surface area contributed by atoms with Gasteiger partial charge in [0, 0.05) is 0 Å². The molecule has 8 heteroatoms. The minimum Gasteiger partial charge on any atom is -0.243 e. The van der Waals surface area contributed by atoms with Gasteiger partial charge in [-0.3, -0.25) is 0 Å². The van der Waals surface area contributed by atoms with E-state index in [4.69, 9.17) is 0 Å². The lowest BCUT2D eigenvalue weighted by Gasteiger charge is -2.01. The van der Waals surface area contributed by atoms with Gasteiger partial charge in [0.2, 0.25) is 0 Å². The second-order valence-corrected chi connectivity index (χ2v) is 3.47. The van der Waals surface area contributed by atoms with Crippen molar-refractivity contribution in [2.24, 2.45) is 0 Å². The zero-order valence-corrected chi connectivity index (χ0v) is 9.42. The first kappa shape index (κ1) is 9.97. The molecular weight excluding hydrogens is 264 g/mol. The van der Waals surface area contributed by atoms with Crippen LogP contribution in [-0.2, 0) is 6.42 Å². The van der Waals surface area contributed by atoms with Crippen LogP contribution in [0, 0.1) is 0 Å². The van der Waals surface area contributed by atoms with Crippen molar-refractivity contribution < 1.29 is 4.79 Å². The molecule has 0 spiro atoms. The van der Waals surface area contributed by atoms with E-state index in [2.05, 4.69) is 36.6 Å². The molecular formula is C7H7BrN6O. The minimum atomic E-state index is -0.400. The first-order valence-electron chi connectivity index (χ1n) is 4.25. The van der Waals surface area contributed by atoms with Crippen molar-refractivity contribution in [2.45, 2.75) is 13.3 Å². The summed E-state index contributed by atoms with van der Waals surface area (Å²) in [5.74, 6) is 0. The fraction of sp³-hybridized carbons (Fsp3) is 0.286. The van der Waals surface area contributed by atoms with E-state index in [1.807, 2.05) is 6.92 Å². The van der Waals surface area contributed by atoms with Crippen molar-refractivity contribution in [1.82, 2.24) is 30.0 Å². The number of aromatic nitrogens is 6. The molecule has 2 aromatic heterocycles. The summed E-state index contributed by atoms with van der Waals surface area (Å²) in [5.41, 5.74) is 0.704. The average Bonchev–Trinajstić information content (AvgIpc) is 2.85. The molecule has 0 saturated heterocycles. The summed E-state index contributed by atoms with van der Waals surface area (Å²) in [6, 6.07) is -0.400. The van der Waals surface area contributed by atoms with Crippen LogP contribution in [0.25, 0.3) is 0 Å². The van der Waals surface area contributed by atoms with E-state index in [0.717, 1.165) is 4.68 Å². The zero-order valence-electron chi connectivity index (χ0n) is 7.83. The Morgan fingerprint density at radius 1 is 1.53 bits per heavy atom. The standard InChI is InChI=1S/C7H7BrN6O/c1-2-5-6(8)10-12-14(5)7(15)13-4-3-9-11-13/h3-4H,2H2,1H3.